The van der Waals surface area contributed by atoms with Gasteiger partial charge in [-0.3, -0.25) is 58.2 Å². The van der Waals surface area contributed by atoms with Crippen LogP contribution in [0.1, 0.15) is 131 Å². The lowest BCUT2D eigenvalue weighted by molar-refractivity contribution is -0.142. The molecule has 6 aliphatic rings. The molecule has 3 saturated heterocycles. The highest BCUT2D eigenvalue weighted by Gasteiger charge is 2.48. The van der Waals surface area contributed by atoms with Gasteiger partial charge in [0.2, 0.25) is 23.6 Å². The lowest BCUT2D eigenvalue weighted by Crippen LogP contribution is -2.55. The number of aromatic nitrogens is 3. The van der Waals surface area contributed by atoms with Crippen molar-refractivity contribution in [3.05, 3.63) is 145 Å². The number of urea groups is 3. The number of carbonyl (C=O) groups excluding carboxylic acids is 9. The van der Waals surface area contributed by atoms with Crippen molar-refractivity contribution in [1.82, 2.24) is 65.6 Å². The molecule has 9 atom stereocenters. The van der Waals surface area contributed by atoms with Gasteiger partial charge in [0.15, 0.2) is 0 Å². The Labute approximate surface area is 597 Å². The number of carbonyl (C=O) groups is 9. The molecule has 24 nitrogen and oxygen atoms in total. The molecule has 3 fully saturated rings. The largest absolute Gasteiger partial charge is 0.466 e. The second-order valence-corrected chi connectivity index (χ2v) is 27.6. The first kappa shape index (κ1) is 75.3. The van der Waals surface area contributed by atoms with E-state index in [1.807, 2.05) is 39.0 Å². The van der Waals surface area contributed by atoms with Crippen molar-refractivity contribution in [2.24, 2.45) is 17.8 Å². The van der Waals surface area contributed by atoms with Crippen LogP contribution < -0.4 is 21.3 Å². The second kappa shape index (κ2) is 35.0. The number of aromatic amines is 3. The summed E-state index contributed by atoms with van der Waals surface area (Å²) in [6.45, 7) is 28.1. The Hall–Kier alpha value is -9.39. The minimum absolute atomic E-state index is 0.120. The number of H-pyrrole nitrogens is 3. The highest BCUT2D eigenvalue weighted by Crippen LogP contribution is 2.48. The smallest absolute Gasteiger partial charge is 0.324 e. The molecule has 0 bridgehead atoms. The number of hydrogen-bond acceptors (Lipinski definition) is 14. The molecule has 24 heteroatoms. The average molecular weight is 1400 g/mol. The summed E-state index contributed by atoms with van der Waals surface area (Å²) >= 11 is 0. The van der Waals surface area contributed by atoms with Crippen LogP contribution in [-0.4, -0.2) is 214 Å². The Balaban J connectivity index is 0.000000165. The maximum absolute atomic E-state index is 13.7. The number of fused-ring (bicyclic) bond motifs is 6. The van der Waals surface area contributed by atoms with Gasteiger partial charge in [-0.15, -0.1) is 19.7 Å². The third kappa shape index (κ3) is 17.0. The third-order valence-electron chi connectivity index (χ3n) is 21.0. The van der Waals surface area contributed by atoms with Crippen LogP contribution in [0.15, 0.2) is 111 Å². The molecule has 3 aliphatic carbocycles. The summed E-state index contributed by atoms with van der Waals surface area (Å²) in [5.74, 6) is -1.65. The number of amides is 10. The minimum Gasteiger partial charge on any atom is -0.466 e. The fourth-order valence-electron chi connectivity index (χ4n) is 16.8. The molecular formula is C78H103N13O11. The van der Waals surface area contributed by atoms with Crippen molar-refractivity contribution >= 4 is 86.4 Å². The van der Waals surface area contributed by atoms with Crippen molar-refractivity contribution in [2.45, 2.75) is 135 Å². The van der Waals surface area contributed by atoms with Gasteiger partial charge in [0, 0.05) is 193 Å². The number of ether oxygens (including phenoxy) is 2. The summed E-state index contributed by atoms with van der Waals surface area (Å²) in [5.41, 5.74) is 11.2. The van der Waals surface area contributed by atoms with E-state index in [-0.39, 0.29) is 122 Å². The van der Waals surface area contributed by atoms with Crippen molar-refractivity contribution < 1.29 is 52.6 Å². The van der Waals surface area contributed by atoms with Crippen LogP contribution >= 0.6 is 0 Å². The van der Waals surface area contributed by atoms with Gasteiger partial charge in [0.05, 0.1) is 31.0 Å². The Kier molecular flexibility index (Phi) is 25.8. The van der Waals surface area contributed by atoms with Gasteiger partial charge in [-0.25, -0.2) is 14.4 Å². The van der Waals surface area contributed by atoms with Crippen LogP contribution in [0.5, 0.6) is 0 Å². The lowest BCUT2D eigenvalue weighted by atomic mass is 9.72. The molecule has 102 heavy (non-hydrogen) atoms. The third-order valence-corrected chi connectivity index (χ3v) is 21.0. The zero-order valence-electron chi connectivity index (χ0n) is 60.1. The van der Waals surface area contributed by atoms with E-state index in [4.69, 9.17) is 9.47 Å². The predicted molar refractivity (Wildman–Crippen MR) is 393 cm³/mol. The number of esters is 2. The molecule has 7 N–H and O–H groups in total. The van der Waals surface area contributed by atoms with Gasteiger partial charge < -0.3 is 45.7 Å². The number of imide groups is 3. The van der Waals surface area contributed by atoms with E-state index in [0.717, 1.165) is 35.8 Å². The quantitative estimate of drug-likeness (QED) is 0.0169. The Morgan fingerprint density at radius 3 is 1.07 bits per heavy atom. The van der Waals surface area contributed by atoms with E-state index in [2.05, 4.69) is 144 Å². The van der Waals surface area contributed by atoms with E-state index < -0.39 is 12.1 Å². The van der Waals surface area contributed by atoms with Crippen LogP contribution in [0.4, 0.5) is 14.4 Å². The van der Waals surface area contributed by atoms with Crippen molar-refractivity contribution in [2.75, 3.05) is 98.3 Å². The number of nitrogens with one attached hydrogen (secondary N) is 7. The number of likely N-dealkylation sites (tertiary alicyclic amines) is 3. The van der Waals surface area contributed by atoms with Gasteiger partial charge in [0.25, 0.3) is 0 Å². The van der Waals surface area contributed by atoms with Crippen molar-refractivity contribution in [1.29, 1.82) is 0 Å². The maximum atomic E-state index is 13.7. The first-order valence-electron chi connectivity index (χ1n) is 36.4. The zero-order valence-corrected chi connectivity index (χ0v) is 60.1. The van der Waals surface area contributed by atoms with Crippen molar-refractivity contribution in [3.63, 3.8) is 0 Å². The highest BCUT2D eigenvalue weighted by molar-refractivity contribution is 5.98. The average Bonchev–Trinajstić information content (AvgIpc) is 1.45. The van der Waals surface area contributed by atoms with E-state index in [9.17, 15) is 43.2 Å². The minimum atomic E-state index is -0.397. The molecule has 0 spiro atoms. The first-order valence-corrected chi connectivity index (χ1v) is 36.4. The van der Waals surface area contributed by atoms with Gasteiger partial charge in [-0.2, -0.15) is 0 Å². The molecule has 3 aromatic heterocycles. The van der Waals surface area contributed by atoms with Crippen LogP contribution in [0.2, 0.25) is 0 Å². The summed E-state index contributed by atoms with van der Waals surface area (Å²) in [4.78, 5) is 134. The van der Waals surface area contributed by atoms with Crippen LogP contribution in [0.25, 0.3) is 32.7 Å². The monoisotopic (exact) mass is 1400 g/mol. The molecule has 10 amide bonds. The summed E-state index contributed by atoms with van der Waals surface area (Å²) in [6.07, 6.45) is 18.2. The van der Waals surface area contributed by atoms with Gasteiger partial charge in [-0.05, 0) is 130 Å². The van der Waals surface area contributed by atoms with E-state index >= 15 is 0 Å². The number of nitrogens with zero attached hydrogens (tertiary/aromatic N) is 6. The van der Waals surface area contributed by atoms with E-state index in [1.165, 1.54) is 85.0 Å². The molecule has 6 aromatic rings. The summed E-state index contributed by atoms with van der Waals surface area (Å²) in [7, 11) is 0. The molecule has 6 heterocycles. The number of piperidine rings is 3. The van der Waals surface area contributed by atoms with E-state index in [0.29, 0.717) is 110 Å². The standard InChI is InChI=1S/C26H35N5O3.2C26H34N4O4/c1-4-11-30-16-19(25(33)31(26(34)27-5-2)12-7-10-28-17(3)32)13-21-20-8-6-9-22-24(20)18(15-29-22)14-23(21)30;2*1-4-10-29-16-19(25(32)30(26(33)27-5-2)11-7-12-34-17(3)31)13-21-20-8-6-9-22-24(20)18(15-28-22)14-23(21)29/h4,6,8-9,15,19,21,23,29H,1,5,7,10-14,16H2,2-3H3,(H,27,34)(H,28,32);2*4,6,8-9,15,19,21,23,28H,1,5,7,10-14,16H2,2-3H3,(H,27,33)/t3*19-,21-,23-/m111/s1. The van der Waals surface area contributed by atoms with Gasteiger partial charge in [0.1, 0.15) is 0 Å². The fraction of sp³-hybridized carbons (Fsp3) is 0.500. The Morgan fingerprint density at radius 2 is 0.784 bits per heavy atom. The topological polar surface area (TPSA) is 287 Å². The molecule has 0 unspecified atom stereocenters. The molecule has 0 saturated carbocycles. The highest BCUT2D eigenvalue weighted by atomic mass is 16.5. The molecule has 3 aliphatic heterocycles. The summed E-state index contributed by atoms with van der Waals surface area (Å²) in [6, 6.07) is 18.8. The van der Waals surface area contributed by atoms with Crippen LogP contribution in [0, 0.1) is 17.8 Å². The van der Waals surface area contributed by atoms with Crippen molar-refractivity contribution in [3.8, 4) is 0 Å². The molecule has 3 aromatic carbocycles. The molecular weight excluding hydrogens is 1290 g/mol. The van der Waals surface area contributed by atoms with Crippen LogP contribution in [0.3, 0.4) is 0 Å². The van der Waals surface area contributed by atoms with E-state index in [1.54, 1.807) is 0 Å². The summed E-state index contributed by atoms with van der Waals surface area (Å²) in [5, 5.41) is 14.9. The predicted octanol–water partition coefficient (Wildman–Crippen LogP) is 9.16. The number of benzene rings is 3. The fourth-order valence-corrected chi connectivity index (χ4v) is 16.8. The Bertz CT molecular complexity index is 3640. The second-order valence-electron chi connectivity index (χ2n) is 27.6. The maximum Gasteiger partial charge on any atom is 0.324 e. The zero-order chi connectivity index (χ0) is 72.7. The van der Waals surface area contributed by atoms with Gasteiger partial charge >= 0.3 is 30.0 Å². The number of rotatable bonds is 24. The normalized spacial score (nSPS) is 21.5. The Morgan fingerprint density at radius 1 is 0.471 bits per heavy atom. The molecule has 0 radical (unpaired) electrons. The first-order chi connectivity index (χ1) is 49.3. The SMILES string of the molecule is C=CCN1C[C@H](C(=O)N(CCCNC(C)=O)C(=O)NCC)C[C@@H]2c3cccc4[nH]cc(c34)C[C@H]21.C=CCN1C[C@H](C(=O)N(CCCOC(C)=O)C(=O)NCC)C[C@@H]2c3cccc4[nH]cc(c34)C[C@H]21.C=CCN1C[C@H](C(=O)N(CCCOC(C)=O)C(=O)NCC)C[C@@H]2c3cccc4[nH]cc(c34)C[C@H]21. The van der Waals surface area contributed by atoms with Crippen LogP contribution in [-0.2, 0) is 57.5 Å². The molecule has 546 valence electrons. The lowest BCUT2D eigenvalue weighted by Gasteiger charge is -2.47. The summed E-state index contributed by atoms with van der Waals surface area (Å²) < 4.78 is 10.0. The molecule has 12 rings (SSSR count). The number of hydrogen-bond donors (Lipinski definition) is 7. The van der Waals surface area contributed by atoms with Gasteiger partial charge in [-0.1, -0.05) is 54.6 Å².